The minimum absolute atomic E-state index is 0.0785. The fourth-order valence-corrected chi connectivity index (χ4v) is 5.48. The maximum absolute atomic E-state index is 13.6. The van der Waals surface area contributed by atoms with Gasteiger partial charge in [-0.15, -0.1) is 0 Å². The first kappa shape index (κ1) is 26.5. The lowest BCUT2D eigenvalue weighted by Gasteiger charge is -2.38. The molecule has 3 fully saturated rings. The maximum Gasteiger partial charge on any atom is 0.249 e. The molecule has 0 unspecified atom stereocenters. The van der Waals surface area contributed by atoms with Crippen molar-refractivity contribution in [3.05, 3.63) is 0 Å². The van der Waals surface area contributed by atoms with Crippen LogP contribution >= 0.6 is 0 Å². The van der Waals surface area contributed by atoms with E-state index in [4.69, 9.17) is 4.74 Å². The van der Waals surface area contributed by atoms with Crippen molar-refractivity contribution in [3.63, 3.8) is 0 Å². The molecule has 3 rings (SSSR count). The predicted molar refractivity (Wildman–Crippen MR) is 126 cm³/mol. The van der Waals surface area contributed by atoms with Crippen LogP contribution in [0, 0.1) is 17.8 Å². The zero-order valence-corrected chi connectivity index (χ0v) is 20.7. The molecule has 2 aliphatic heterocycles. The Hall–Kier alpha value is -2.09. The van der Waals surface area contributed by atoms with Gasteiger partial charge in [-0.05, 0) is 44.4 Å². The number of hydrogen-bond acceptors (Lipinski definition) is 6. The van der Waals surface area contributed by atoms with Crippen LogP contribution in [0.1, 0.15) is 90.9 Å². The van der Waals surface area contributed by atoms with E-state index in [0.717, 1.165) is 38.5 Å². The van der Waals surface area contributed by atoms with Crippen LogP contribution in [0.25, 0.3) is 0 Å². The van der Waals surface area contributed by atoms with Crippen LogP contribution in [0.4, 0.5) is 0 Å². The normalized spacial score (nSPS) is 25.8. The molecule has 0 aromatic heterocycles. The fourth-order valence-electron chi connectivity index (χ4n) is 5.48. The molecule has 8 nitrogen and oxygen atoms in total. The van der Waals surface area contributed by atoms with Gasteiger partial charge in [0.2, 0.25) is 17.6 Å². The van der Waals surface area contributed by atoms with Gasteiger partial charge in [-0.2, -0.15) is 0 Å². The molecule has 0 spiro atoms. The quantitative estimate of drug-likeness (QED) is 0.468. The summed E-state index contributed by atoms with van der Waals surface area (Å²) >= 11 is 0. The van der Waals surface area contributed by atoms with E-state index in [0.29, 0.717) is 38.8 Å². The molecule has 0 aromatic rings. The lowest BCUT2D eigenvalue weighted by molar-refractivity contribution is -0.144. The van der Waals surface area contributed by atoms with Gasteiger partial charge in [0.15, 0.2) is 11.6 Å². The third-order valence-corrected chi connectivity index (χ3v) is 7.73. The van der Waals surface area contributed by atoms with Gasteiger partial charge >= 0.3 is 0 Å². The highest BCUT2D eigenvalue weighted by atomic mass is 16.5. The maximum atomic E-state index is 13.6. The van der Waals surface area contributed by atoms with Gasteiger partial charge in [0, 0.05) is 37.8 Å². The van der Waals surface area contributed by atoms with Crippen molar-refractivity contribution >= 4 is 29.2 Å². The molecule has 2 N–H and O–H groups in total. The summed E-state index contributed by atoms with van der Waals surface area (Å²) in [5.74, 6) is -3.20. The smallest absolute Gasteiger partial charge is 0.249 e. The number of ketones is 3. The number of ether oxygens (including phenoxy) is 1. The van der Waals surface area contributed by atoms with E-state index < -0.39 is 35.0 Å². The number of carbonyl (C=O) groups excluding carboxylic acids is 5. The van der Waals surface area contributed by atoms with Crippen LogP contribution in [0.15, 0.2) is 0 Å². The third-order valence-electron chi connectivity index (χ3n) is 7.73. The monoisotopic (exact) mass is 476 g/mol. The topological polar surface area (TPSA) is 119 Å². The average molecular weight is 477 g/mol. The molecule has 1 saturated carbocycles. The second-order valence-corrected chi connectivity index (χ2v) is 10.6. The molecule has 0 radical (unpaired) electrons. The lowest BCUT2D eigenvalue weighted by Crippen LogP contribution is -2.58. The fraction of sp³-hybridized carbons (Fsp3) is 0.808. The molecule has 2 heterocycles. The zero-order valence-electron chi connectivity index (χ0n) is 20.7. The van der Waals surface area contributed by atoms with E-state index in [9.17, 15) is 24.0 Å². The van der Waals surface area contributed by atoms with Crippen LogP contribution < -0.4 is 10.6 Å². The summed E-state index contributed by atoms with van der Waals surface area (Å²) in [6.07, 6.45) is 6.79. The highest BCUT2D eigenvalue weighted by molar-refractivity contribution is 6.38. The van der Waals surface area contributed by atoms with E-state index in [1.807, 2.05) is 13.8 Å². The van der Waals surface area contributed by atoms with Crippen molar-refractivity contribution in [1.82, 2.24) is 10.6 Å². The molecule has 1 aliphatic carbocycles. The van der Waals surface area contributed by atoms with E-state index in [1.54, 1.807) is 0 Å². The molecule has 190 valence electrons. The Bertz CT molecular complexity index is 780. The summed E-state index contributed by atoms with van der Waals surface area (Å²) in [6.45, 7) is 4.81. The van der Waals surface area contributed by atoms with Gasteiger partial charge < -0.3 is 15.4 Å². The van der Waals surface area contributed by atoms with Crippen molar-refractivity contribution in [1.29, 1.82) is 0 Å². The number of nitrogens with one attached hydrogen (secondary N) is 2. The van der Waals surface area contributed by atoms with Gasteiger partial charge in [0.05, 0.1) is 5.54 Å². The molecule has 3 atom stereocenters. The van der Waals surface area contributed by atoms with Gasteiger partial charge in [-0.25, -0.2) is 0 Å². The van der Waals surface area contributed by atoms with E-state index >= 15 is 0 Å². The Morgan fingerprint density at radius 2 is 1.76 bits per heavy atom. The van der Waals surface area contributed by atoms with Crippen molar-refractivity contribution in [2.45, 2.75) is 103 Å². The summed E-state index contributed by atoms with van der Waals surface area (Å²) in [7, 11) is 0. The molecule has 3 aliphatic rings. The van der Waals surface area contributed by atoms with Gasteiger partial charge in [0.1, 0.15) is 6.10 Å². The molecule has 8 heteroatoms. The van der Waals surface area contributed by atoms with Crippen LogP contribution in [-0.2, 0) is 28.7 Å². The number of amides is 2. The van der Waals surface area contributed by atoms with Gasteiger partial charge in [0.25, 0.3) is 0 Å². The standard InChI is InChI=1S/C26H40N2O6/c1-17(2)19(23(31)20(29)15-18-9-4-7-13-27-24(18)32)16-22(30)26(11-5-3-6-12-26)28-25(33)21-10-8-14-34-21/h17-19,21H,3-16H2,1-2H3,(H,27,32)(H,28,33)/t18-,19+,21-/m1/s1. The highest BCUT2D eigenvalue weighted by Crippen LogP contribution is 2.33. The zero-order chi connectivity index (χ0) is 24.7. The van der Waals surface area contributed by atoms with Crippen molar-refractivity contribution in [3.8, 4) is 0 Å². The highest BCUT2D eigenvalue weighted by Gasteiger charge is 2.44. The summed E-state index contributed by atoms with van der Waals surface area (Å²) in [5.41, 5.74) is -1.00. The molecule has 34 heavy (non-hydrogen) atoms. The first-order valence-electron chi connectivity index (χ1n) is 13.0. The molecule has 0 aromatic carbocycles. The third kappa shape index (κ3) is 6.52. The molecular formula is C26H40N2O6. The van der Waals surface area contributed by atoms with Crippen molar-refractivity contribution in [2.24, 2.45) is 17.8 Å². The SMILES string of the molecule is CC(C)[C@H](CC(=O)C1(NC(=O)[C@H]2CCCO2)CCCCC1)C(=O)C(=O)C[C@H]1CCCCNC1=O. The van der Waals surface area contributed by atoms with Crippen LogP contribution in [-0.4, -0.2) is 54.0 Å². The average Bonchev–Trinajstić information content (AvgIpc) is 3.29. The molecule has 2 saturated heterocycles. The summed E-state index contributed by atoms with van der Waals surface area (Å²) in [5, 5.41) is 5.81. The summed E-state index contributed by atoms with van der Waals surface area (Å²) in [4.78, 5) is 64.7. The molecule has 2 amide bonds. The Kier molecular flexibility index (Phi) is 9.39. The van der Waals surface area contributed by atoms with Crippen LogP contribution in [0.3, 0.4) is 0 Å². The first-order valence-corrected chi connectivity index (χ1v) is 13.0. The second kappa shape index (κ2) is 12.0. The predicted octanol–water partition coefficient (Wildman–Crippen LogP) is 2.66. The number of carbonyl (C=O) groups is 5. The molecule has 0 bridgehead atoms. The minimum Gasteiger partial charge on any atom is -0.368 e. The van der Waals surface area contributed by atoms with E-state index in [2.05, 4.69) is 10.6 Å². The number of hydrogen-bond donors (Lipinski definition) is 2. The summed E-state index contributed by atoms with van der Waals surface area (Å²) < 4.78 is 5.51. The number of Topliss-reactive ketones (excluding diaryl/α,β-unsaturated/α-hetero) is 3. The molecular weight excluding hydrogens is 436 g/mol. The largest absolute Gasteiger partial charge is 0.368 e. The van der Waals surface area contributed by atoms with Crippen LogP contribution in [0.2, 0.25) is 0 Å². The van der Waals surface area contributed by atoms with Crippen molar-refractivity contribution < 1.29 is 28.7 Å². The van der Waals surface area contributed by atoms with E-state index in [-0.39, 0.29) is 36.4 Å². The summed E-state index contributed by atoms with van der Waals surface area (Å²) in [6, 6.07) is 0. The number of rotatable bonds is 10. The van der Waals surface area contributed by atoms with E-state index in [1.165, 1.54) is 0 Å². The van der Waals surface area contributed by atoms with Crippen LogP contribution in [0.5, 0.6) is 0 Å². The van der Waals surface area contributed by atoms with Gasteiger partial charge in [-0.3, -0.25) is 24.0 Å². The Morgan fingerprint density at radius 1 is 1.03 bits per heavy atom. The second-order valence-electron chi connectivity index (χ2n) is 10.6. The first-order chi connectivity index (χ1) is 16.2. The minimum atomic E-state index is -1.00. The Labute approximate surface area is 202 Å². The van der Waals surface area contributed by atoms with Gasteiger partial charge in [-0.1, -0.05) is 39.5 Å². The van der Waals surface area contributed by atoms with Crippen molar-refractivity contribution in [2.75, 3.05) is 13.2 Å². The Balaban J connectivity index is 1.69. The lowest BCUT2D eigenvalue weighted by atomic mass is 9.73. The Morgan fingerprint density at radius 3 is 2.41 bits per heavy atom.